The lowest BCUT2D eigenvalue weighted by atomic mass is 10.1. The Balaban J connectivity index is 3.11. The van der Waals surface area contributed by atoms with Crippen LogP contribution in [0.3, 0.4) is 0 Å². The van der Waals surface area contributed by atoms with Crippen molar-refractivity contribution in [3.63, 3.8) is 0 Å². The number of nitrogens with two attached hydrogens (primary N) is 1. The molecule has 16 heavy (non-hydrogen) atoms. The van der Waals surface area contributed by atoms with Gasteiger partial charge in [0, 0.05) is 11.1 Å². The topological polar surface area (TPSA) is 49.9 Å². The summed E-state index contributed by atoms with van der Waals surface area (Å²) in [4.78, 5) is 0. The van der Waals surface area contributed by atoms with Gasteiger partial charge in [0.1, 0.15) is 5.84 Å². The number of hydrogen-bond donors (Lipinski definition) is 2. The monoisotopic (exact) mass is 238 g/mol. The lowest BCUT2D eigenvalue weighted by molar-refractivity contribution is -0.289. The summed E-state index contributed by atoms with van der Waals surface area (Å²) in [5.74, 6) is -5.30. The highest BCUT2D eigenvalue weighted by molar-refractivity contribution is 5.94. The molecule has 0 spiro atoms. The second-order valence-corrected chi connectivity index (χ2v) is 3.06. The highest BCUT2D eigenvalue weighted by atomic mass is 19.4. The van der Waals surface area contributed by atoms with Gasteiger partial charge in [-0.15, -0.1) is 0 Å². The first-order valence-corrected chi connectivity index (χ1v) is 4.05. The number of nitrogens with one attached hydrogen (secondary N) is 1. The summed E-state index contributed by atoms with van der Waals surface area (Å²) in [6.07, 6.45) is -5.63. The minimum absolute atomic E-state index is 0.0849. The molecule has 0 radical (unpaired) electrons. The highest BCUT2D eigenvalue weighted by Crippen LogP contribution is 2.43. The van der Waals surface area contributed by atoms with E-state index in [-0.39, 0.29) is 5.56 Å². The largest absolute Gasteiger partial charge is 0.458 e. The van der Waals surface area contributed by atoms with E-state index in [1.807, 2.05) is 0 Å². The van der Waals surface area contributed by atoms with Crippen molar-refractivity contribution in [2.24, 2.45) is 5.73 Å². The summed E-state index contributed by atoms with van der Waals surface area (Å²) >= 11 is 0. The van der Waals surface area contributed by atoms with Crippen molar-refractivity contribution in [3.8, 4) is 0 Å². The zero-order valence-corrected chi connectivity index (χ0v) is 7.78. The quantitative estimate of drug-likeness (QED) is 0.464. The second kappa shape index (κ2) is 3.73. The van der Waals surface area contributed by atoms with E-state index in [1.54, 1.807) is 0 Å². The molecule has 0 fully saturated rings. The average Bonchev–Trinajstić information content (AvgIpc) is 2.16. The lowest BCUT2D eigenvalue weighted by Crippen LogP contribution is -2.33. The number of rotatable bonds is 2. The van der Waals surface area contributed by atoms with E-state index in [0.29, 0.717) is 12.1 Å². The lowest BCUT2D eigenvalue weighted by Gasteiger charge is -2.19. The molecule has 3 N–H and O–H groups in total. The van der Waals surface area contributed by atoms with Crippen LogP contribution in [0.1, 0.15) is 11.1 Å². The SMILES string of the molecule is N=C(N)c1ccc(C(F)(F)C(F)(F)F)cc1. The van der Waals surface area contributed by atoms with Crippen LogP contribution in [0.25, 0.3) is 0 Å². The summed E-state index contributed by atoms with van der Waals surface area (Å²) in [7, 11) is 0. The maximum atomic E-state index is 12.8. The molecule has 1 aromatic carbocycles. The van der Waals surface area contributed by atoms with Gasteiger partial charge in [0.2, 0.25) is 0 Å². The number of amidine groups is 1. The van der Waals surface area contributed by atoms with Gasteiger partial charge in [0.15, 0.2) is 0 Å². The average molecular weight is 238 g/mol. The van der Waals surface area contributed by atoms with Gasteiger partial charge in [-0.25, -0.2) is 0 Å². The normalized spacial score (nSPS) is 12.6. The van der Waals surface area contributed by atoms with Gasteiger partial charge in [-0.3, -0.25) is 5.41 Å². The second-order valence-electron chi connectivity index (χ2n) is 3.06. The van der Waals surface area contributed by atoms with E-state index in [2.05, 4.69) is 0 Å². The first kappa shape index (κ1) is 12.4. The molecule has 7 heteroatoms. The predicted octanol–water partition coefficient (Wildman–Crippen LogP) is 2.62. The number of nitrogen functional groups attached to an aromatic ring is 1. The van der Waals surface area contributed by atoms with Gasteiger partial charge in [0.05, 0.1) is 0 Å². The molecule has 0 amide bonds. The number of benzene rings is 1. The van der Waals surface area contributed by atoms with Crippen molar-refractivity contribution in [2.75, 3.05) is 0 Å². The van der Waals surface area contributed by atoms with Gasteiger partial charge in [-0.1, -0.05) is 24.3 Å². The van der Waals surface area contributed by atoms with Crippen molar-refractivity contribution < 1.29 is 22.0 Å². The van der Waals surface area contributed by atoms with Gasteiger partial charge in [0.25, 0.3) is 0 Å². The molecule has 0 bridgehead atoms. The van der Waals surface area contributed by atoms with E-state index in [1.165, 1.54) is 0 Å². The van der Waals surface area contributed by atoms with Crippen LogP contribution in [-0.2, 0) is 5.92 Å². The Morgan fingerprint density at radius 3 is 1.75 bits per heavy atom. The predicted molar refractivity (Wildman–Crippen MR) is 47.4 cm³/mol. The molecule has 0 heterocycles. The maximum absolute atomic E-state index is 12.8. The van der Waals surface area contributed by atoms with Crippen LogP contribution in [-0.4, -0.2) is 12.0 Å². The maximum Gasteiger partial charge on any atom is 0.458 e. The molecule has 0 unspecified atom stereocenters. The third kappa shape index (κ3) is 2.12. The molecule has 0 saturated carbocycles. The smallest absolute Gasteiger partial charge is 0.384 e. The Hall–Kier alpha value is -1.66. The molecule has 0 aromatic heterocycles. The van der Waals surface area contributed by atoms with Crippen LogP contribution >= 0.6 is 0 Å². The zero-order valence-electron chi connectivity index (χ0n) is 7.78. The van der Waals surface area contributed by atoms with E-state index < -0.39 is 23.5 Å². The number of halogens is 5. The summed E-state index contributed by atoms with van der Waals surface area (Å²) in [5, 5.41) is 6.95. The van der Waals surface area contributed by atoms with Gasteiger partial charge in [-0.2, -0.15) is 22.0 Å². The Morgan fingerprint density at radius 2 is 1.44 bits per heavy atom. The fourth-order valence-electron chi connectivity index (χ4n) is 1.02. The molecule has 0 saturated heterocycles. The molecule has 1 rings (SSSR count). The Bertz CT molecular complexity index is 393. The highest BCUT2D eigenvalue weighted by Gasteiger charge is 2.58. The molecule has 2 nitrogen and oxygen atoms in total. The fourth-order valence-corrected chi connectivity index (χ4v) is 1.02. The van der Waals surface area contributed by atoms with Crippen LogP contribution in [0.15, 0.2) is 24.3 Å². The zero-order chi connectivity index (χ0) is 12.6. The van der Waals surface area contributed by atoms with Crippen LogP contribution in [0, 0.1) is 5.41 Å². The number of alkyl halides is 5. The molecule has 0 atom stereocenters. The van der Waals surface area contributed by atoms with Crippen LogP contribution in [0.4, 0.5) is 22.0 Å². The van der Waals surface area contributed by atoms with Crippen molar-refractivity contribution in [2.45, 2.75) is 12.1 Å². The van der Waals surface area contributed by atoms with Gasteiger partial charge in [-0.05, 0) is 0 Å². The molecular formula is C9H7F5N2. The Kier molecular flexibility index (Phi) is 2.89. The molecule has 0 aliphatic rings. The first-order valence-electron chi connectivity index (χ1n) is 4.05. The van der Waals surface area contributed by atoms with E-state index >= 15 is 0 Å². The van der Waals surface area contributed by atoms with Crippen molar-refractivity contribution in [3.05, 3.63) is 35.4 Å². The fraction of sp³-hybridized carbons (Fsp3) is 0.222. The third-order valence-electron chi connectivity index (χ3n) is 1.91. The standard InChI is InChI=1S/C9H7F5N2/c10-8(11,9(12,13)14)6-3-1-5(2-4-6)7(15)16/h1-4H,(H3,15,16). The minimum atomic E-state index is -5.63. The van der Waals surface area contributed by atoms with E-state index in [9.17, 15) is 22.0 Å². The van der Waals surface area contributed by atoms with Crippen molar-refractivity contribution in [1.29, 1.82) is 5.41 Å². The first-order chi connectivity index (χ1) is 7.16. The summed E-state index contributed by atoms with van der Waals surface area (Å²) in [6, 6.07) is 3.09. The summed E-state index contributed by atoms with van der Waals surface area (Å²) in [6.45, 7) is 0. The van der Waals surface area contributed by atoms with E-state index in [4.69, 9.17) is 11.1 Å². The minimum Gasteiger partial charge on any atom is -0.384 e. The van der Waals surface area contributed by atoms with Crippen molar-refractivity contribution >= 4 is 5.84 Å². The Morgan fingerprint density at radius 1 is 1.00 bits per heavy atom. The number of hydrogen-bond acceptors (Lipinski definition) is 1. The molecule has 0 aliphatic carbocycles. The molecule has 88 valence electrons. The Labute approximate surface area is 87.4 Å². The van der Waals surface area contributed by atoms with E-state index in [0.717, 1.165) is 12.1 Å². The molecular weight excluding hydrogens is 231 g/mol. The van der Waals surface area contributed by atoms with Crippen LogP contribution in [0.2, 0.25) is 0 Å². The molecule has 0 aliphatic heterocycles. The van der Waals surface area contributed by atoms with Crippen LogP contribution in [0.5, 0.6) is 0 Å². The molecule has 1 aromatic rings. The van der Waals surface area contributed by atoms with Crippen molar-refractivity contribution in [1.82, 2.24) is 0 Å². The third-order valence-corrected chi connectivity index (χ3v) is 1.91. The van der Waals surface area contributed by atoms with Gasteiger partial charge >= 0.3 is 12.1 Å². The van der Waals surface area contributed by atoms with Gasteiger partial charge < -0.3 is 5.73 Å². The summed E-state index contributed by atoms with van der Waals surface area (Å²) in [5.41, 5.74) is 3.94. The summed E-state index contributed by atoms with van der Waals surface area (Å²) < 4.78 is 61.5. The van der Waals surface area contributed by atoms with Crippen LogP contribution < -0.4 is 5.73 Å².